The van der Waals surface area contributed by atoms with E-state index in [-0.39, 0.29) is 5.56 Å². The largest absolute Gasteiger partial charge is 0.489 e. The van der Waals surface area contributed by atoms with Gasteiger partial charge in [0.15, 0.2) is 0 Å². The third-order valence-corrected chi connectivity index (χ3v) is 2.98. The van der Waals surface area contributed by atoms with Gasteiger partial charge in [-0.25, -0.2) is 9.18 Å². The van der Waals surface area contributed by atoms with Crippen molar-refractivity contribution in [3.05, 3.63) is 65.7 Å². The fourth-order valence-electron chi connectivity index (χ4n) is 1.81. The number of carbonyl (C=O) groups is 1. The van der Waals surface area contributed by atoms with E-state index >= 15 is 0 Å². The van der Waals surface area contributed by atoms with Gasteiger partial charge in [0.1, 0.15) is 18.5 Å². The Hall–Kier alpha value is -2.40. The van der Waals surface area contributed by atoms with Crippen LogP contribution in [0.15, 0.2) is 54.6 Å². The molecule has 2 atom stereocenters. The minimum atomic E-state index is -2.35. The highest BCUT2D eigenvalue weighted by molar-refractivity contribution is 5.73. The zero-order valence-corrected chi connectivity index (χ0v) is 11.1. The maximum Gasteiger partial charge on any atom is 0.341 e. The molecule has 2 N–H and O–H groups in total. The fourth-order valence-corrected chi connectivity index (χ4v) is 1.81. The number of carboxylic acids is 1. The monoisotopic (exact) mass is 290 g/mol. The number of aliphatic carboxylic acids is 1. The second-order valence-electron chi connectivity index (χ2n) is 4.53. The Balaban J connectivity index is 1.97. The van der Waals surface area contributed by atoms with Crippen LogP contribution in [0.5, 0.6) is 5.75 Å². The summed E-state index contributed by atoms with van der Waals surface area (Å²) in [7, 11) is 0. The molecule has 0 spiro atoms. The Morgan fingerprint density at radius 3 is 2.29 bits per heavy atom. The number of hydrogen-bond donors (Lipinski definition) is 2. The number of rotatable bonds is 6. The van der Waals surface area contributed by atoms with Crippen molar-refractivity contribution in [2.24, 2.45) is 0 Å². The van der Waals surface area contributed by atoms with Crippen molar-refractivity contribution in [1.29, 1.82) is 0 Å². The number of aliphatic hydroxyl groups excluding tert-OH is 1. The van der Waals surface area contributed by atoms with Crippen LogP contribution in [0, 0.1) is 0 Å². The van der Waals surface area contributed by atoms with Gasteiger partial charge in [0.2, 0.25) is 6.17 Å². The summed E-state index contributed by atoms with van der Waals surface area (Å²) in [5, 5.41) is 18.1. The number of halogens is 1. The first-order valence-electron chi connectivity index (χ1n) is 6.39. The van der Waals surface area contributed by atoms with E-state index in [0.717, 1.165) is 5.56 Å². The first-order chi connectivity index (χ1) is 10.1. The summed E-state index contributed by atoms with van der Waals surface area (Å²) in [6.07, 6.45) is -4.04. The molecule has 0 aliphatic rings. The van der Waals surface area contributed by atoms with Crippen LogP contribution in [0.2, 0.25) is 0 Å². The maximum absolute atomic E-state index is 13.2. The van der Waals surface area contributed by atoms with E-state index in [1.165, 1.54) is 12.1 Å². The number of aliphatic hydroxyl groups is 1. The van der Waals surface area contributed by atoms with E-state index in [4.69, 9.17) is 9.84 Å². The molecule has 0 aliphatic carbocycles. The van der Waals surface area contributed by atoms with Crippen molar-refractivity contribution in [2.45, 2.75) is 18.9 Å². The van der Waals surface area contributed by atoms with Crippen molar-refractivity contribution in [3.63, 3.8) is 0 Å². The lowest BCUT2D eigenvalue weighted by Crippen LogP contribution is -2.23. The van der Waals surface area contributed by atoms with Gasteiger partial charge in [0.05, 0.1) is 0 Å². The summed E-state index contributed by atoms with van der Waals surface area (Å²) in [5.41, 5.74) is 1.20. The van der Waals surface area contributed by atoms with Crippen LogP contribution >= 0.6 is 0 Å². The second kappa shape index (κ2) is 6.85. The van der Waals surface area contributed by atoms with Gasteiger partial charge in [-0.2, -0.15) is 0 Å². The van der Waals surface area contributed by atoms with Crippen LogP contribution in [0.4, 0.5) is 4.39 Å². The van der Waals surface area contributed by atoms with Crippen LogP contribution in [0.3, 0.4) is 0 Å². The zero-order chi connectivity index (χ0) is 15.2. The molecule has 2 rings (SSSR count). The van der Waals surface area contributed by atoms with Crippen LogP contribution in [-0.2, 0) is 11.4 Å². The number of carboxylic acid groups (broad SMARTS) is 1. The summed E-state index contributed by atoms with van der Waals surface area (Å²) in [6.45, 7) is 0.392. The lowest BCUT2D eigenvalue weighted by atomic mass is 10.1. The SMILES string of the molecule is O=C(O)C(F)C(O)c1ccc(OCc2ccccc2)cc1. The van der Waals surface area contributed by atoms with E-state index < -0.39 is 18.2 Å². The van der Waals surface area contributed by atoms with Crippen LogP contribution in [0.1, 0.15) is 17.2 Å². The average Bonchev–Trinajstić information content (AvgIpc) is 2.53. The topological polar surface area (TPSA) is 66.8 Å². The third kappa shape index (κ3) is 4.03. The Morgan fingerprint density at radius 2 is 1.71 bits per heavy atom. The smallest absolute Gasteiger partial charge is 0.341 e. The van der Waals surface area contributed by atoms with Gasteiger partial charge in [-0.05, 0) is 23.3 Å². The zero-order valence-electron chi connectivity index (χ0n) is 11.1. The molecule has 2 unspecified atom stereocenters. The summed E-state index contributed by atoms with van der Waals surface area (Å²) < 4.78 is 18.7. The minimum absolute atomic E-state index is 0.192. The highest BCUT2D eigenvalue weighted by Gasteiger charge is 2.27. The molecule has 2 aromatic rings. The Morgan fingerprint density at radius 1 is 1.10 bits per heavy atom. The number of ether oxygens (including phenoxy) is 1. The molecule has 5 heteroatoms. The van der Waals surface area contributed by atoms with E-state index in [9.17, 15) is 14.3 Å². The van der Waals surface area contributed by atoms with Gasteiger partial charge in [-0.15, -0.1) is 0 Å². The highest BCUT2D eigenvalue weighted by Crippen LogP contribution is 2.22. The van der Waals surface area contributed by atoms with Crippen molar-refractivity contribution in [1.82, 2.24) is 0 Å². The first-order valence-corrected chi connectivity index (χ1v) is 6.39. The van der Waals surface area contributed by atoms with Gasteiger partial charge in [0.25, 0.3) is 0 Å². The third-order valence-electron chi connectivity index (χ3n) is 2.98. The van der Waals surface area contributed by atoms with Crippen molar-refractivity contribution in [2.75, 3.05) is 0 Å². The summed E-state index contributed by atoms with van der Waals surface area (Å²) in [6, 6.07) is 15.6. The lowest BCUT2D eigenvalue weighted by molar-refractivity contribution is -0.147. The molecule has 0 aliphatic heterocycles. The highest BCUT2D eigenvalue weighted by atomic mass is 19.1. The van der Waals surface area contributed by atoms with Gasteiger partial charge in [-0.1, -0.05) is 42.5 Å². The molecule has 0 radical (unpaired) electrons. The maximum atomic E-state index is 13.2. The molecule has 4 nitrogen and oxygen atoms in total. The van der Waals surface area contributed by atoms with Gasteiger partial charge in [-0.3, -0.25) is 0 Å². The summed E-state index contributed by atoms with van der Waals surface area (Å²) in [5.74, 6) is -1.13. The van der Waals surface area contributed by atoms with Crippen LogP contribution < -0.4 is 4.74 Å². The van der Waals surface area contributed by atoms with Crippen LogP contribution in [-0.4, -0.2) is 22.4 Å². The summed E-state index contributed by atoms with van der Waals surface area (Å²) >= 11 is 0. The fraction of sp³-hybridized carbons (Fsp3) is 0.188. The molecule has 2 aromatic carbocycles. The number of benzene rings is 2. The Labute approximate surface area is 121 Å². The molecule has 0 saturated heterocycles. The molecule has 0 heterocycles. The number of alkyl halides is 1. The van der Waals surface area contributed by atoms with Crippen molar-refractivity contribution < 1.29 is 24.1 Å². The molecule has 0 bridgehead atoms. The normalized spacial score (nSPS) is 13.4. The predicted molar refractivity (Wildman–Crippen MR) is 74.7 cm³/mol. The summed E-state index contributed by atoms with van der Waals surface area (Å²) in [4.78, 5) is 10.5. The molecule has 0 amide bonds. The average molecular weight is 290 g/mol. The van der Waals surface area contributed by atoms with Gasteiger partial charge >= 0.3 is 5.97 Å². The first kappa shape index (κ1) is 15.0. The second-order valence-corrected chi connectivity index (χ2v) is 4.53. The van der Waals surface area contributed by atoms with Crippen molar-refractivity contribution in [3.8, 4) is 5.75 Å². The molecular formula is C16H15FO4. The van der Waals surface area contributed by atoms with Crippen molar-refractivity contribution >= 4 is 5.97 Å². The molecule has 0 fully saturated rings. The molecule has 0 aromatic heterocycles. The molecule has 21 heavy (non-hydrogen) atoms. The quantitative estimate of drug-likeness (QED) is 0.858. The lowest BCUT2D eigenvalue weighted by Gasteiger charge is -2.13. The van der Waals surface area contributed by atoms with E-state index in [1.807, 2.05) is 30.3 Å². The van der Waals surface area contributed by atoms with Gasteiger partial charge in [0, 0.05) is 0 Å². The van der Waals surface area contributed by atoms with E-state index in [2.05, 4.69) is 0 Å². The molecular weight excluding hydrogens is 275 g/mol. The van der Waals surface area contributed by atoms with Gasteiger partial charge < -0.3 is 14.9 Å². The van der Waals surface area contributed by atoms with Crippen LogP contribution in [0.25, 0.3) is 0 Å². The Bertz CT molecular complexity index is 583. The molecule has 110 valence electrons. The predicted octanol–water partition coefficient (Wildman–Crippen LogP) is 2.72. The van der Waals surface area contributed by atoms with E-state index in [0.29, 0.717) is 12.4 Å². The van der Waals surface area contributed by atoms with E-state index in [1.54, 1.807) is 12.1 Å². The standard InChI is InChI=1S/C16H15FO4/c17-14(16(19)20)15(18)12-6-8-13(9-7-12)21-10-11-4-2-1-3-5-11/h1-9,14-15,18H,10H2,(H,19,20). The minimum Gasteiger partial charge on any atom is -0.489 e. The molecule has 0 saturated carbocycles. The Kier molecular flexibility index (Phi) is 4.90. The number of hydrogen-bond acceptors (Lipinski definition) is 3.